The van der Waals surface area contributed by atoms with Crippen molar-refractivity contribution in [2.75, 3.05) is 0 Å². The van der Waals surface area contributed by atoms with Gasteiger partial charge in [-0.05, 0) is 43.6 Å². The Bertz CT molecular complexity index is 1290. The van der Waals surface area contributed by atoms with Crippen molar-refractivity contribution in [1.29, 1.82) is 0 Å². The monoisotopic (exact) mass is 447 g/mol. The van der Waals surface area contributed by atoms with Gasteiger partial charge in [0.25, 0.3) is 5.56 Å². The Balaban J connectivity index is 1.94. The maximum atomic E-state index is 13.1. The number of aliphatic hydroxyl groups is 1. The second kappa shape index (κ2) is 7.50. The van der Waals surface area contributed by atoms with Gasteiger partial charge in [-0.25, -0.2) is 14.3 Å². The highest BCUT2D eigenvalue weighted by molar-refractivity contribution is 7.03. The van der Waals surface area contributed by atoms with Crippen molar-refractivity contribution in [3.05, 3.63) is 58.3 Å². The predicted molar refractivity (Wildman–Crippen MR) is 109 cm³/mol. The summed E-state index contributed by atoms with van der Waals surface area (Å²) in [5, 5.41) is 12.0. The van der Waals surface area contributed by atoms with Crippen molar-refractivity contribution in [1.82, 2.24) is 23.9 Å². The molecule has 4 heterocycles. The lowest BCUT2D eigenvalue weighted by molar-refractivity contribution is -0.141. The van der Waals surface area contributed by atoms with Crippen LogP contribution in [0.15, 0.2) is 47.1 Å². The van der Waals surface area contributed by atoms with Crippen molar-refractivity contribution in [2.24, 2.45) is 0 Å². The van der Waals surface area contributed by atoms with Gasteiger partial charge in [0, 0.05) is 22.7 Å². The molecule has 4 aromatic rings. The van der Waals surface area contributed by atoms with Gasteiger partial charge in [-0.15, -0.1) is 0 Å². The van der Waals surface area contributed by atoms with Crippen molar-refractivity contribution in [3.63, 3.8) is 0 Å². The molecule has 0 aliphatic heterocycles. The number of fused-ring (bicyclic) bond motifs is 1. The van der Waals surface area contributed by atoms with E-state index in [1.54, 1.807) is 25.4 Å². The van der Waals surface area contributed by atoms with Gasteiger partial charge in [-0.1, -0.05) is 0 Å². The molecule has 0 radical (unpaired) electrons. The first-order valence-electron chi connectivity index (χ1n) is 9.09. The average Bonchev–Trinajstić information content (AvgIpc) is 3.23. The summed E-state index contributed by atoms with van der Waals surface area (Å²) in [6, 6.07) is 3.59. The minimum absolute atomic E-state index is 0.0175. The summed E-state index contributed by atoms with van der Waals surface area (Å²) in [5.41, 5.74) is -0.634. The summed E-state index contributed by atoms with van der Waals surface area (Å²) in [7, 11) is 0. The molecule has 0 bridgehead atoms. The SMILES string of the molecule is CC(C)(O)Cn1cnc2c(-c3cnsc3)nc(-c3ccc(C(F)(F)F)nc3)cc2c1=O. The highest BCUT2D eigenvalue weighted by atomic mass is 32.1. The quantitative estimate of drug-likeness (QED) is 0.512. The minimum atomic E-state index is -4.56. The molecule has 0 amide bonds. The van der Waals surface area contributed by atoms with Gasteiger partial charge in [-0.2, -0.15) is 13.2 Å². The summed E-state index contributed by atoms with van der Waals surface area (Å²) in [6.45, 7) is 3.15. The molecule has 0 fully saturated rings. The highest BCUT2D eigenvalue weighted by Crippen LogP contribution is 2.31. The molecule has 11 heteroatoms. The van der Waals surface area contributed by atoms with E-state index in [0.29, 0.717) is 22.3 Å². The molecule has 0 aliphatic carbocycles. The predicted octanol–water partition coefficient (Wildman–Crippen LogP) is 3.77. The van der Waals surface area contributed by atoms with Crippen LogP contribution in [-0.4, -0.2) is 34.6 Å². The molecule has 31 heavy (non-hydrogen) atoms. The van der Waals surface area contributed by atoms with Crippen molar-refractivity contribution in [2.45, 2.75) is 32.2 Å². The third-order valence-corrected chi connectivity index (χ3v) is 5.01. The minimum Gasteiger partial charge on any atom is -0.389 e. The molecule has 0 atom stereocenters. The van der Waals surface area contributed by atoms with Crippen molar-refractivity contribution in [3.8, 4) is 22.5 Å². The van der Waals surface area contributed by atoms with Crippen LogP contribution in [0, 0.1) is 0 Å². The Morgan fingerprint density at radius 2 is 1.90 bits per heavy atom. The van der Waals surface area contributed by atoms with E-state index in [1.807, 2.05) is 0 Å². The summed E-state index contributed by atoms with van der Waals surface area (Å²) in [6.07, 6.45) is -0.575. The number of aromatic nitrogens is 5. The van der Waals surface area contributed by atoms with E-state index < -0.39 is 23.0 Å². The highest BCUT2D eigenvalue weighted by Gasteiger charge is 2.32. The number of hydrogen-bond acceptors (Lipinski definition) is 7. The zero-order valence-electron chi connectivity index (χ0n) is 16.4. The maximum absolute atomic E-state index is 13.1. The maximum Gasteiger partial charge on any atom is 0.433 e. The van der Waals surface area contributed by atoms with Gasteiger partial charge in [0.2, 0.25) is 0 Å². The Labute approximate surface area is 178 Å². The first kappa shape index (κ1) is 21.1. The Kier molecular flexibility index (Phi) is 5.10. The lowest BCUT2D eigenvalue weighted by Crippen LogP contribution is -2.33. The van der Waals surface area contributed by atoms with E-state index in [-0.39, 0.29) is 17.6 Å². The normalized spacial score (nSPS) is 12.5. The summed E-state index contributed by atoms with van der Waals surface area (Å²) < 4.78 is 43.9. The first-order chi connectivity index (χ1) is 14.5. The lowest BCUT2D eigenvalue weighted by Gasteiger charge is -2.18. The summed E-state index contributed by atoms with van der Waals surface area (Å²) >= 11 is 1.19. The van der Waals surface area contributed by atoms with Gasteiger partial charge in [0.05, 0.1) is 41.4 Å². The van der Waals surface area contributed by atoms with Crippen LogP contribution >= 0.6 is 11.5 Å². The van der Waals surface area contributed by atoms with Crippen LogP contribution in [0.5, 0.6) is 0 Å². The molecule has 1 N–H and O–H groups in total. The molecule has 4 aromatic heterocycles. The van der Waals surface area contributed by atoms with Crippen LogP contribution in [-0.2, 0) is 12.7 Å². The van der Waals surface area contributed by atoms with Crippen molar-refractivity contribution < 1.29 is 18.3 Å². The second-order valence-corrected chi connectivity index (χ2v) is 8.24. The average molecular weight is 447 g/mol. The molecule has 0 unspecified atom stereocenters. The van der Waals surface area contributed by atoms with E-state index in [9.17, 15) is 23.1 Å². The Hall–Kier alpha value is -3.18. The topological polar surface area (TPSA) is 93.8 Å². The third kappa shape index (κ3) is 4.32. The van der Waals surface area contributed by atoms with Crippen LogP contribution in [0.4, 0.5) is 13.2 Å². The molecule has 4 rings (SSSR count). The van der Waals surface area contributed by atoms with E-state index in [2.05, 4.69) is 19.3 Å². The van der Waals surface area contributed by atoms with Crippen LogP contribution in [0.1, 0.15) is 19.5 Å². The van der Waals surface area contributed by atoms with Gasteiger partial charge in [0.15, 0.2) is 0 Å². The third-order valence-electron chi connectivity index (χ3n) is 4.42. The molecule has 0 spiro atoms. The van der Waals surface area contributed by atoms with E-state index >= 15 is 0 Å². The Morgan fingerprint density at radius 1 is 1.13 bits per heavy atom. The van der Waals surface area contributed by atoms with Crippen LogP contribution < -0.4 is 5.56 Å². The smallest absolute Gasteiger partial charge is 0.389 e. The van der Waals surface area contributed by atoms with Gasteiger partial charge < -0.3 is 5.11 Å². The lowest BCUT2D eigenvalue weighted by atomic mass is 10.1. The molecule has 0 aromatic carbocycles. The number of alkyl halides is 3. The van der Waals surface area contributed by atoms with E-state index in [0.717, 1.165) is 12.3 Å². The Morgan fingerprint density at radius 3 is 2.48 bits per heavy atom. The second-order valence-electron chi connectivity index (χ2n) is 7.59. The first-order valence-corrected chi connectivity index (χ1v) is 9.92. The fourth-order valence-electron chi connectivity index (χ4n) is 3.08. The van der Waals surface area contributed by atoms with Crippen LogP contribution in [0.3, 0.4) is 0 Å². The standard InChI is InChI=1S/C20H16F3N5O2S/c1-19(2,30)9-28-10-25-17-13(18(28)29)5-14(27-16(17)12-7-26-31-8-12)11-3-4-15(24-6-11)20(21,22)23/h3-8,10,30H,9H2,1-2H3. The van der Waals surface area contributed by atoms with E-state index in [1.165, 1.54) is 34.6 Å². The summed E-state index contributed by atoms with van der Waals surface area (Å²) in [4.78, 5) is 25.5. The number of pyridine rings is 2. The molecular formula is C20H16F3N5O2S. The zero-order chi connectivity index (χ0) is 22.4. The molecule has 7 nitrogen and oxygen atoms in total. The number of nitrogens with zero attached hydrogens (tertiary/aromatic N) is 5. The molecule has 160 valence electrons. The molecule has 0 aliphatic rings. The van der Waals surface area contributed by atoms with Crippen molar-refractivity contribution >= 4 is 22.4 Å². The largest absolute Gasteiger partial charge is 0.433 e. The number of rotatable bonds is 4. The van der Waals surface area contributed by atoms with Gasteiger partial charge in [-0.3, -0.25) is 14.3 Å². The molecular weight excluding hydrogens is 431 g/mol. The fourth-order valence-corrected chi connectivity index (χ4v) is 3.60. The molecule has 0 saturated heterocycles. The molecule has 0 saturated carbocycles. The van der Waals surface area contributed by atoms with Gasteiger partial charge >= 0.3 is 6.18 Å². The zero-order valence-corrected chi connectivity index (χ0v) is 17.2. The summed E-state index contributed by atoms with van der Waals surface area (Å²) in [5.74, 6) is 0. The van der Waals surface area contributed by atoms with Crippen LogP contribution in [0.2, 0.25) is 0 Å². The van der Waals surface area contributed by atoms with Gasteiger partial charge in [0.1, 0.15) is 11.2 Å². The van der Waals surface area contributed by atoms with E-state index in [4.69, 9.17) is 0 Å². The fraction of sp³-hybridized carbons (Fsp3) is 0.250. The van der Waals surface area contributed by atoms with Crippen LogP contribution in [0.25, 0.3) is 33.4 Å². The number of hydrogen-bond donors (Lipinski definition) is 1. The number of halogens is 3.